The smallest absolute Gasteiger partial charge is 0.0849 e. The highest BCUT2D eigenvalue weighted by Gasteiger charge is 2.12. The van der Waals surface area contributed by atoms with E-state index in [0.29, 0.717) is 6.42 Å². The molecule has 1 N–H and O–H groups in total. The molecule has 1 unspecified atom stereocenters. The Morgan fingerprint density at radius 3 is 2.81 bits per heavy atom. The second kappa shape index (κ2) is 5.13. The average Bonchev–Trinajstić information content (AvgIpc) is 2.64. The fraction of sp³-hybridized carbons (Fsp3) is 0.231. The van der Waals surface area contributed by atoms with E-state index in [-0.39, 0.29) is 0 Å². The van der Waals surface area contributed by atoms with Gasteiger partial charge in [-0.3, -0.25) is 0 Å². The third-order valence-corrected chi connectivity index (χ3v) is 4.26. The minimum absolute atomic E-state index is 0.428. The molecule has 0 saturated heterocycles. The van der Waals surface area contributed by atoms with Crippen LogP contribution in [0.1, 0.15) is 22.8 Å². The highest BCUT2D eigenvalue weighted by Crippen LogP contribution is 2.29. The van der Waals surface area contributed by atoms with E-state index in [4.69, 9.17) is 0 Å². The van der Waals surface area contributed by atoms with Crippen LogP contribution in [-0.4, -0.2) is 5.11 Å². The minimum Gasteiger partial charge on any atom is -0.388 e. The molecular formula is C13H13BrOS. The number of thiophene rings is 1. The van der Waals surface area contributed by atoms with Gasteiger partial charge < -0.3 is 5.11 Å². The molecule has 0 saturated carbocycles. The zero-order valence-corrected chi connectivity index (χ0v) is 11.4. The van der Waals surface area contributed by atoms with E-state index in [0.717, 1.165) is 10.0 Å². The first-order valence-electron chi connectivity index (χ1n) is 5.12. The van der Waals surface area contributed by atoms with Gasteiger partial charge in [0.05, 0.1) is 6.10 Å². The maximum atomic E-state index is 10.1. The molecule has 84 valence electrons. The van der Waals surface area contributed by atoms with Gasteiger partial charge in [-0.25, -0.2) is 0 Å². The fourth-order valence-electron chi connectivity index (χ4n) is 1.70. The van der Waals surface area contributed by atoms with Gasteiger partial charge >= 0.3 is 0 Å². The summed E-state index contributed by atoms with van der Waals surface area (Å²) in [6.07, 6.45) is 0.235. The van der Waals surface area contributed by atoms with Gasteiger partial charge in [0.15, 0.2) is 0 Å². The molecule has 0 radical (unpaired) electrons. The summed E-state index contributed by atoms with van der Waals surface area (Å²) in [5, 5.41) is 14.1. The first kappa shape index (κ1) is 11.8. The molecule has 1 atom stereocenters. The summed E-state index contributed by atoms with van der Waals surface area (Å²) in [5.74, 6) is 0. The summed E-state index contributed by atoms with van der Waals surface area (Å²) in [6, 6.07) is 8.26. The normalized spacial score (nSPS) is 12.7. The lowest BCUT2D eigenvalue weighted by Crippen LogP contribution is -2.01. The van der Waals surface area contributed by atoms with Crippen LogP contribution in [0.5, 0.6) is 0 Å². The zero-order chi connectivity index (χ0) is 11.5. The van der Waals surface area contributed by atoms with E-state index >= 15 is 0 Å². The van der Waals surface area contributed by atoms with E-state index in [1.165, 1.54) is 11.1 Å². The van der Waals surface area contributed by atoms with Gasteiger partial charge in [0, 0.05) is 21.8 Å². The van der Waals surface area contributed by atoms with Gasteiger partial charge in [-0.1, -0.05) is 29.8 Å². The number of aliphatic hydroxyl groups is 1. The molecule has 0 fully saturated rings. The fourth-order valence-corrected chi connectivity index (χ4v) is 3.31. The molecule has 1 aromatic heterocycles. The molecule has 1 nitrogen and oxygen atoms in total. The zero-order valence-electron chi connectivity index (χ0n) is 8.98. The van der Waals surface area contributed by atoms with Gasteiger partial charge in [-0.15, -0.1) is 0 Å². The predicted octanol–water partition coefficient (Wildman–Crippen LogP) is 4.10. The number of aryl methyl sites for hydroxylation is 1. The average molecular weight is 297 g/mol. The molecule has 2 aromatic rings. The summed E-state index contributed by atoms with van der Waals surface area (Å²) >= 11 is 5.05. The monoisotopic (exact) mass is 296 g/mol. The number of aliphatic hydroxyl groups excluding tert-OH is 1. The maximum Gasteiger partial charge on any atom is 0.0849 e. The molecule has 0 aliphatic heterocycles. The Hall–Kier alpha value is -0.640. The summed E-state index contributed by atoms with van der Waals surface area (Å²) in [6.45, 7) is 2.07. The Bertz CT molecular complexity index is 478. The van der Waals surface area contributed by atoms with E-state index in [1.54, 1.807) is 11.3 Å². The van der Waals surface area contributed by atoms with Gasteiger partial charge in [0.2, 0.25) is 0 Å². The predicted molar refractivity (Wildman–Crippen MR) is 71.9 cm³/mol. The second-order valence-electron chi connectivity index (χ2n) is 3.88. The molecule has 2 rings (SSSR count). The Morgan fingerprint density at radius 2 is 2.19 bits per heavy atom. The third-order valence-electron chi connectivity index (χ3n) is 2.51. The summed E-state index contributed by atoms with van der Waals surface area (Å²) in [4.78, 5) is 0. The third kappa shape index (κ3) is 2.73. The van der Waals surface area contributed by atoms with Crippen molar-refractivity contribution in [2.75, 3.05) is 0 Å². The molecule has 1 aromatic carbocycles. The summed E-state index contributed by atoms with van der Waals surface area (Å²) < 4.78 is 0.998. The SMILES string of the molecule is Cc1cccc(CC(O)c2cscc2Br)c1. The van der Waals surface area contributed by atoms with Crippen LogP contribution >= 0.6 is 27.3 Å². The van der Waals surface area contributed by atoms with Crippen LogP contribution in [0.3, 0.4) is 0 Å². The quantitative estimate of drug-likeness (QED) is 0.904. The van der Waals surface area contributed by atoms with Crippen LogP contribution in [0.25, 0.3) is 0 Å². The van der Waals surface area contributed by atoms with Crippen molar-refractivity contribution in [3.8, 4) is 0 Å². The second-order valence-corrected chi connectivity index (χ2v) is 5.48. The van der Waals surface area contributed by atoms with Crippen LogP contribution in [0, 0.1) is 6.92 Å². The van der Waals surface area contributed by atoms with Crippen LogP contribution in [0.2, 0.25) is 0 Å². The summed E-state index contributed by atoms with van der Waals surface area (Å²) in [7, 11) is 0. The van der Waals surface area contributed by atoms with Gasteiger partial charge in [-0.05, 0) is 33.8 Å². The molecule has 1 heterocycles. The number of benzene rings is 1. The van der Waals surface area contributed by atoms with Gasteiger partial charge in [0.1, 0.15) is 0 Å². The largest absolute Gasteiger partial charge is 0.388 e. The lowest BCUT2D eigenvalue weighted by Gasteiger charge is -2.10. The van der Waals surface area contributed by atoms with Crippen molar-refractivity contribution in [3.05, 3.63) is 56.2 Å². The van der Waals surface area contributed by atoms with Crippen molar-refractivity contribution in [2.45, 2.75) is 19.4 Å². The van der Waals surface area contributed by atoms with Crippen molar-refractivity contribution in [1.82, 2.24) is 0 Å². The Balaban J connectivity index is 2.14. The van der Waals surface area contributed by atoms with Crippen molar-refractivity contribution >= 4 is 27.3 Å². The van der Waals surface area contributed by atoms with Gasteiger partial charge in [-0.2, -0.15) is 11.3 Å². The molecule has 0 spiro atoms. The molecule has 0 bridgehead atoms. The van der Waals surface area contributed by atoms with Crippen molar-refractivity contribution in [3.63, 3.8) is 0 Å². The van der Waals surface area contributed by atoms with Crippen LogP contribution < -0.4 is 0 Å². The molecular weight excluding hydrogens is 284 g/mol. The van der Waals surface area contributed by atoms with Crippen LogP contribution in [0.15, 0.2) is 39.5 Å². The molecule has 16 heavy (non-hydrogen) atoms. The van der Waals surface area contributed by atoms with E-state index in [9.17, 15) is 5.11 Å². The highest BCUT2D eigenvalue weighted by molar-refractivity contribution is 9.10. The maximum absolute atomic E-state index is 10.1. The van der Waals surface area contributed by atoms with Crippen LogP contribution in [0.4, 0.5) is 0 Å². The lowest BCUT2D eigenvalue weighted by molar-refractivity contribution is 0.178. The van der Waals surface area contributed by atoms with E-state index in [2.05, 4.69) is 41.1 Å². The van der Waals surface area contributed by atoms with Crippen molar-refractivity contribution in [1.29, 1.82) is 0 Å². The van der Waals surface area contributed by atoms with Crippen LogP contribution in [-0.2, 0) is 6.42 Å². The molecule has 0 amide bonds. The van der Waals surface area contributed by atoms with Gasteiger partial charge in [0.25, 0.3) is 0 Å². The molecule has 0 aliphatic rings. The molecule has 0 aliphatic carbocycles. The van der Waals surface area contributed by atoms with E-state index < -0.39 is 6.10 Å². The van der Waals surface area contributed by atoms with E-state index in [1.807, 2.05) is 16.8 Å². The first-order chi connectivity index (χ1) is 7.66. The Labute approximate surface area is 108 Å². The first-order valence-corrected chi connectivity index (χ1v) is 6.85. The minimum atomic E-state index is -0.428. The number of hydrogen-bond acceptors (Lipinski definition) is 2. The number of rotatable bonds is 3. The van der Waals surface area contributed by atoms with Crippen molar-refractivity contribution < 1.29 is 5.11 Å². The number of hydrogen-bond donors (Lipinski definition) is 1. The number of halogens is 1. The summed E-state index contributed by atoms with van der Waals surface area (Å²) in [5.41, 5.74) is 3.38. The Kier molecular flexibility index (Phi) is 3.79. The van der Waals surface area contributed by atoms with Crippen molar-refractivity contribution in [2.24, 2.45) is 0 Å². The highest BCUT2D eigenvalue weighted by atomic mass is 79.9. The molecule has 3 heteroatoms. The lowest BCUT2D eigenvalue weighted by atomic mass is 10.0. The Morgan fingerprint density at radius 1 is 1.38 bits per heavy atom. The topological polar surface area (TPSA) is 20.2 Å². The standard InChI is InChI=1S/C13H13BrOS/c1-9-3-2-4-10(5-9)6-13(15)11-7-16-8-12(11)14/h2-5,7-8,13,15H,6H2,1H3.